The third kappa shape index (κ3) is 4.55. The Balaban J connectivity index is 2.12. The predicted molar refractivity (Wildman–Crippen MR) is 87.0 cm³/mol. The van der Waals surface area contributed by atoms with Gasteiger partial charge in [-0.3, -0.25) is 0 Å². The average Bonchev–Trinajstić information content (AvgIpc) is 2.49. The quantitative estimate of drug-likeness (QED) is 0.823. The first-order valence-corrected chi connectivity index (χ1v) is 7.81. The third-order valence-electron chi connectivity index (χ3n) is 3.21. The minimum absolute atomic E-state index is 0.201. The molecule has 2 rings (SSSR count). The third-order valence-corrected chi connectivity index (χ3v) is 3.98. The van der Waals surface area contributed by atoms with E-state index in [0.717, 1.165) is 27.8 Å². The standard InChI is InChI=1S/C17H19BrFNO/c1-2-8-21-15-5-3-4-12(10-15)17(20)11-13-9-14(19)6-7-16(13)18/h3-7,9-10,17H,2,8,11,20H2,1H3. The van der Waals surface area contributed by atoms with Crippen molar-refractivity contribution in [3.63, 3.8) is 0 Å². The van der Waals surface area contributed by atoms with Gasteiger partial charge < -0.3 is 10.5 Å². The van der Waals surface area contributed by atoms with Crippen LogP contribution in [0.2, 0.25) is 0 Å². The van der Waals surface area contributed by atoms with E-state index >= 15 is 0 Å². The van der Waals surface area contributed by atoms with Gasteiger partial charge in [-0.2, -0.15) is 0 Å². The Bertz CT molecular complexity index is 603. The molecule has 0 aliphatic carbocycles. The van der Waals surface area contributed by atoms with Crippen LogP contribution in [0.25, 0.3) is 0 Å². The molecule has 0 aliphatic rings. The Kier molecular flexibility index (Phi) is 5.76. The summed E-state index contributed by atoms with van der Waals surface area (Å²) in [5, 5.41) is 0. The lowest BCUT2D eigenvalue weighted by atomic mass is 9.99. The van der Waals surface area contributed by atoms with Crippen LogP contribution < -0.4 is 10.5 Å². The van der Waals surface area contributed by atoms with Crippen molar-refractivity contribution in [1.82, 2.24) is 0 Å². The van der Waals surface area contributed by atoms with E-state index in [9.17, 15) is 4.39 Å². The Hall–Kier alpha value is -1.39. The van der Waals surface area contributed by atoms with E-state index < -0.39 is 0 Å². The predicted octanol–water partition coefficient (Wildman–Crippen LogP) is 4.62. The molecule has 0 saturated carbocycles. The molecule has 112 valence electrons. The van der Waals surface area contributed by atoms with Crippen LogP contribution in [0, 0.1) is 5.82 Å². The smallest absolute Gasteiger partial charge is 0.123 e. The summed E-state index contributed by atoms with van der Waals surface area (Å²) in [6.07, 6.45) is 1.53. The van der Waals surface area contributed by atoms with Crippen LogP contribution >= 0.6 is 15.9 Å². The number of halogens is 2. The molecule has 4 heteroatoms. The van der Waals surface area contributed by atoms with E-state index in [-0.39, 0.29) is 11.9 Å². The molecule has 2 aromatic carbocycles. The second-order valence-corrected chi connectivity index (χ2v) is 5.82. The van der Waals surface area contributed by atoms with E-state index in [1.54, 1.807) is 6.07 Å². The largest absolute Gasteiger partial charge is 0.494 e. The summed E-state index contributed by atoms with van der Waals surface area (Å²) in [7, 11) is 0. The van der Waals surface area contributed by atoms with Crippen LogP contribution in [0.4, 0.5) is 4.39 Å². The van der Waals surface area contributed by atoms with Crippen molar-refractivity contribution in [3.05, 3.63) is 63.9 Å². The van der Waals surface area contributed by atoms with Crippen LogP contribution in [0.5, 0.6) is 5.75 Å². The van der Waals surface area contributed by atoms with Gasteiger partial charge in [0, 0.05) is 10.5 Å². The van der Waals surface area contributed by atoms with E-state index in [0.29, 0.717) is 13.0 Å². The van der Waals surface area contributed by atoms with Crippen LogP contribution in [0.15, 0.2) is 46.9 Å². The van der Waals surface area contributed by atoms with Gasteiger partial charge in [0.1, 0.15) is 11.6 Å². The Morgan fingerprint density at radius 3 is 2.81 bits per heavy atom. The number of ether oxygens (including phenoxy) is 1. The van der Waals surface area contributed by atoms with Crippen LogP contribution in [-0.4, -0.2) is 6.61 Å². The summed E-state index contributed by atoms with van der Waals surface area (Å²) in [6.45, 7) is 2.76. The van der Waals surface area contributed by atoms with E-state index in [2.05, 4.69) is 22.9 Å². The van der Waals surface area contributed by atoms with Crippen LogP contribution in [-0.2, 0) is 6.42 Å². The molecule has 1 atom stereocenters. The van der Waals surface area contributed by atoms with Gasteiger partial charge in [0.25, 0.3) is 0 Å². The normalized spacial score (nSPS) is 12.2. The second-order valence-electron chi connectivity index (χ2n) is 4.97. The lowest BCUT2D eigenvalue weighted by Crippen LogP contribution is -2.14. The fourth-order valence-corrected chi connectivity index (χ4v) is 2.52. The molecule has 0 amide bonds. The summed E-state index contributed by atoms with van der Waals surface area (Å²) in [5.74, 6) is 0.573. The highest BCUT2D eigenvalue weighted by Crippen LogP contribution is 2.25. The van der Waals surface area contributed by atoms with Crippen molar-refractivity contribution in [1.29, 1.82) is 0 Å². The summed E-state index contributed by atoms with van der Waals surface area (Å²) in [6, 6.07) is 12.2. The monoisotopic (exact) mass is 351 g/mol. The van der Waals surface area contributed by atoms with Gasteiger partial charge in [0.05, 0.1) is 6.61 Å². The molecule has 0 aliphatic heterocycles. The average molecular weight is 352 g/mol. The van der Waals surface area contributed by atoms with Crippen molar-refractivity contribution < 1.29 is 9.13 Å². The van der Waals surface area contributed by atoms with Gasteiger partial charge in [-0.1, -0.05) is 35.0 Å². The van der Waals surface area contributed by atoms with Crippen LogP contribution in [0.1, 0.15) is 30.5 Å². The van der Waals surface area contributed by atoms with Crippen molar-refractivity contribution in [3.8, 4) is 5.75 Å². The maximum absolute atomic E-state index is 13.3. The summed E-state index contributed by atoms with van der Waals surface area (Å²) < 4.78 is 19.8. The molecule has 1 unspecified atom stereocenters. The summed E-state index contributed by atoms with van der Waals surface area (Å²) in [5.41, 5.74) is 8.09. The minimum atomic E-state index is -0.250. The van der Waals surface area contributed by atoms with Gasteiger partial charge in [-0.05, 0) is 54.3 Å². The fourth-order valence-electron chi connectivity index (χ4n) is 2.11. The molecule has 2 N–H and O–H groups in total. The van der Waals surface area contributed by atoms with Crippen molar-refractivity contribution in [2.24, 2.45) is 5.73 Å². The number of hydrogen-bond acceptors (Lipinski definition) is 2. The Morgan fingerprint density at radius 2 is 2.05 bits per heavy atom. The molecule has 21 heavy (non-hydrogen) atoms. The SMILES string of the molecule is CCCOc1cccc(C(N)Cc2cc(F)ccc2Br)c1. The Labute approximate surface area is 133 Å². The molecule has 0 aromatic heterocycles. The number of benzene rings is 2. The maximum atomic E-state index is 13.3. The highest BCUT2D eigenvalue weighted by Gasteiger charge is 2.11. The molecule has 0 heterocycles. The van der Waals surface area contributed by atoms with Crippen LogP contribution in [0.3, 0.4) is 0 Å². The van der Waals surface area contributed by atoms with Gasteiger partial charge in [0.15, 0.2) is 0 Å². The van der Waals surface area contributed by atoms with Crippen molar-refractivity contribution >= 4 is 15.9 Å². The lowest BCUT2D eigenvalue weighted by Gasteiger charge is -2.15. The minimum Gasteiger partial charge on any atom is -0.494 e. The number of rotatable bonds is 6. The topological polar surface area (TPSA) is 35.2 Å². The van der Waals surface area contributed by atoms with Crippen molar-refractivity contribution in [2.45, 2.75) is 25.8 Å². The van der Waals surface area contributed by atoms with E-state index in [1.165, 1.54) is 12.1 Å². The molecular formula is C17H19BrFNO. The molecule has 0 spiro atoms. The zero-order valence-electron chi connectivity index (χ0n) is 12.0. The maximum Gasteiger partial charge on any atom is 0.123 e. The highest BCUT2D eigenvalue weighted by molar-refractivity contribution is 9.10. The zero-order chi connectivity index (χ0) is 15.2. The molecule has 0 saturated heterocycles. The first kappa shape index (κ1) is 16.0. The Morgan fingerprint density at radius 1 is 1.24 bits per heavy atom. The van der Waals surface area contributed by atoms with Gasteiger partial charge in [-0.25, -0.2) is 4.39 Å². The molecule has 2 aromatic rings. The molecule has 0 bridgehead atoms. The number of nitrogens with two attached hydrogens (primary N) is 1. The van der Waals surface area contributed by atoms with Gasteiger partial charge >= 0.3 is 0 Å². The highest BCUT2D eigenvalue weighted by atomic mass is 79.9. The first-order chi connectivity index (χ1) is 10.1. The molecule has 0 radical (unpaired) electrons. The fraction of sp³-hybridized carbons (Fsp3) is 0.294. The molecular weight excluding hydrogens is 333 g/mol. The van der Waals surface area contributed by atoms with Crippen molar-refractivity contribution in [2.75, 3.05) is 6.61 Å². The summed E-state index contributed by atoms with van der Waals surface area (Å²) >= 11 is 3.43. The van der Waals surface area contributed by atoms with E-state index in [1.807, 2.05) is 24.3 Å². The molecule has 2 nitrogen and oxygen atoms in total. The summed E-state index contributed by atoms with van der Waals surface area (Å²) in [4.78, 5) is 0. The van der Waals surface area contributed by atoms with E-state index in [4.69, 9.17) is 10.5 Å². The van der Waals surface area contributed by atoms with Gasteiger partial charge in [-0.15, -0.1) is 0 Å². The number of hydrogen-bond donors (Lipinski definition) is 1. The van der Waals surface area contributed by atoms with Gasteiger partial charge in [0.2, 0.25) is 0 Å². The first-order valence-electron chi connectivity index (χ1n) is 7.02. The second kappa shape index (κ2) is 7.57. The lowest BCUT2D eigenvalue weighted by molar-refractivity contribution is 0.317. The molecule has 0 fully saturated rings. The zero-order valence-corrected chi connectivity index (χ0v) is 13.6.